The van der Waals surface area contributed by atoms with Crippen LogP contribution >= 0.6 is 0 Å². The van der Waals surface area contributed by atoms with Crippen LogP contribution in [0.1, 0.15) is 19.0 Å². The van der Waals surface area contributed by atoms with Crippen LogP contribution in [0.25, 0.3) is 0 Å². The topological polar surface area (TPSA) is 105 Å². The van der Waals surface area contributed by atoms with E-state index in [2.05, 4.69) is 5.10 Å². The maximum Gasteiger partial charge on any atom is 0.407 e. The van der Waals surface area contributed by atoms with Crippen molar-refractivity contribution in [1.82, 2.24) is 14.7 Å². The van der Waals surface area contributed by atoms with E-state index >= 15 is 0 Å². The predicted octanol–water partition coefficient (Wildman–Crippen LogP) is 0.0768. The highest BCUT2D eigenvalue weighted by Gasteiger charge is 2.35. The van der Waals surface area contributed by atoms with Crippen LogP contribution in [0.3, 0.4) is 0 Å². The van der Waals surface area contributed by atoms with Crippen molar-refractivity contribution in [3.05, 3.63) is 11.9 Å². The van der Waals surface area contributed by atoms with E-state index in [4.69, 9.17) is 5.73 Å². The van der Waals surface area contributed by atoms with Crippen LogP contribution in [0.5, 0.6) is 0 Å². The lowest BCUT2D eigenvalue weighted by molar-refractivity contribution is -0.117. The van der Waals surface area contributed by atoms with Gasteiger partial charge in [0, 0.05) is 13.0 Å². The van der Waals surface area contributed by atoms with Crippen LogP contribution < -0.4 is 10.6 Å². The van der Waals surface area contributed by atoms with Crippen molar-refractivity contribution < 1.29 is 14.7 Å². The highest BCUT2D eigenvalue weighted by Crippen LogP contribution is 2.31. The molecule has 114 valence electrons. The summed E-state index contributed by atoms with van der Waals surface area (Å²) in [5, 5.41) is 13.6. The van der Waals surface area contributed by atoms with E-state index in [1.807, 2.05) is 6.92 Å². The van der Waals surface area contributed by atoms with E-state index in [0.717, 1.165) is 5.69 Å². The second-order valence-electron chi connectivity index (χ2n) is 5.73. The van der Waals surface area contributed by atoms with E-state index in [0.29, 0.717) is 31.7 Å². The molecule has 2 aliphatic rings. The van der Waals surface area contributed by atoms with Gasteiger partial charge in [-0.15, -0.1) is 0 Å². The Balaban J connectivity index is 1.90. The minimum Gasteiger partial charge on any atom is -0.465 e. The molecule has 3 N–H and O–H groups in total. The largest absolute Gasteiger partial charge is 0.465 e. The van der Waals surface area contributed by atoms with Crippen LogP contribution in [0.2, 0.25) is 0 Å². The first-order valence-corrected chi connectivity index (χ1v) is 7.06. The molecule has 2 atom stereocenters. The molecule has 1 fully saturated rings. The molecule has 21 heavy (non-hydrogen) atoms. The summed E-state index contributed by atoms with van der Waals surface area (Å²) in [5.41, 5.74) is 7.14. The number of nitrogens with zero attached hydrogens (tertiary/aromatic N) is 4. The van der Waals surface area contributed by atoms with Gasteiger partial charge in [-0.1, -0.05) is 0 Å². The number of hydrogen-bond donors (Lipinski definition) is 2. The van der Waals surface area contributed by atoms with Crippen LogP contribution in [0, 0.1) is 5.92 Å². The second kappa shape index (κ2) is 5.03. The summed E-state index contributed by atoms with van der Waals surface area (Å²) in [4.78, 5) is 26.5. The fourth-order valence-corrected chi connectivity index (χ4v) is 3.04. The van der Waals surface area contributed by atoms with E-state index in [1.165, 1.54) is 4.90 Å². The van der Waals surface area contributed by atoms with Gasteiger partial charge in [0.15, 0.2) is 0 Å². The minimum atomic E-state index is -0.950. The lowest BCUT2D eigenvalue weighted by Gasteiger charge is -2.32. The first-order valence-electron chi connectivity index (χ1n) is 7.06. The maximum absolute atomic E-state index is 12.1. The molecule has 0 radical (unpaired) electrons. The number of nitrogens with two attached hydrogens (primary N) is 1. The molecule has 0 aromatic carbocycles. The van der Waals surface area contributed by atoms with Gasteiger partial charge >= 0.3 is 6.09 Å². The lowest BCUT2D eigenvalue weighted by atomic mass is 10.1. The number of fused-ring (bicyclic) bond motifs is 1. The minimum absolute atomic E-state index is 0.0294. The SMILES string of the molecule is C[C@H]1Cn2ncc(N3CC(CN)CC3=O)c2CN1C(=O)O. The molecule has 2 aliphatic heterocycles. The summed E-state index contributed by atoms with van der Waals surface area (Å²) in [5.74, 6) is 0.188. The Bertz CT molecular complexity index is 584. The van der Waals surface area contributed by atoms with Gasteiger partial charge in [0.1, 0.15) is 0 Å². The summed E-state index contributed by atoms with van der Waals surface area (Å²) < 4.78 is 1.79. The first-order chi connectivity index (χ1) is 10.0. The van der Waals surface area contributed by atoms with E-state index < -0.39 is 6.09 Å². The van der Waals surface area contributed by atoms with E-state index in [9.17, 15) is 14.7 Å². The Morgan fingerprint density at radius 1 is 1.52 bits per heavy atom. The predicted molar refractivity (Wildman–Crippen MR) is 74.8 cm³/mol. The zero-order valence-electron chi connectivity index (χ0n) is 11.9. The average molecular weight is 293 g/mol. The van der Waals surface area contributed by atoms with E-state index in [1.54, 1.807) is 15.8 Å². The Labute approximate surface area is 122 Å². The quantitative estimate of drug-likeness (QED) is 0.803. The zero-order chi connectivity index (χ0) is 15.1. The third-order valence-corrected chi connectivity index (χ3v) is 4.29. The van der Waals surface area contributed by atoms with Crippen LogP contribution in [0.4, 0.5) is 10.5 Å². The Morgan fingerprint density at radius 2 is 2.29 bits per heavy atom. The summed E-state index contributed by atoms with van der Waals surface area (Å²) in [6.07, 6.45) is 1.15. The number of anilines is 1. The van der Waals surface area contributed by atoms with Gasteiger partial charge < -0.3 is 15.7 Å². The molecule has 0 saturated carbocycles. The van der Waals surface area contributed by atoms with Gasteiger partial charge in [-0.25, -0.2) is 4.79 Å². The number of carbonyl (C=O) groups is 2. The highest BCUT2D eigenvalue weighted by molar-refractivity contribution is 5.96. The smallest absolute Gasteiger partial charge is 0.407 e. The Morgan fingerprint density at radius 3 is 2.90 bits per heavy atom. The maximum atomic E-state index is 12.1. The summed E-state index contributed by atoms with van der Waals surface area (Å²) in [6.45, 7) is 3.66. The first kappa shape index (κ1) is 13.9. The van der Waals surface area contributed by atoms with Crippen molar-refractivity contribution in [2.45, 2.75) is 32.5 Å². The van der Waals surface area contributed by atoms with Crippen LogP contribution in [-0.4, -0.2) is 50.9 Å². The van der Waals surface area contributed by atoms with Crippen LogP contribution in [0.15, 0.2) is 6.20 Å². The lowest BCUT2D eigenvalue weighted by Crippen LogP contribution is -2.44. The number of carbonyl (C=O) groups excluding carboxylic acids is 1. The summed E-state index contributed by atoms with van der Waals surface area (Å²) in [7, 11) is 0. The van der Waals surface area contributed by atoms with E-state index in [-0.39, 0.29) is 24.4 Å². The van der Waals surface area contributed by atoms with Crippen molar-refractivity contribution in [3.63, 3.8) is 0 Å². The summed E-state index contributed by atoms with van der Waals surface area (Å²) >= 11 is 0. The van der Waals surface area contributed by atoms with Crippen molar-refractivity contribution in [2.75, 3.05) is 18.0 Å². The molecule has 8 nitrogen and oxygen atoms in total. The Kier molecular flexibility index (Phi) is 3.32. The normalized spacial score (nSPS) is 25.3. The average Bonchev–Trinajstić information content (AvgIpc) is 3.00. The van der Waals surface area contributed by atoms with Crippen molar-refractivity contribution >= 4 is 17.7 Å². The summed E-state index contributed by atoms with van der Waals surface area (Å²) in [6, 6.07) is -0.131. The van der Waals surface area contributed by atoms with Crippen molar-refractivity contribution in [2.24, 2.45) is 11.7 Å². The zero-order valence-corrected chi connectivity index (χ0v) is 11.9. The molecule has 0 spiro atoms. The molecule has 1 aromatic heterocycles. The molecule has 3 rings (SSSR count). The van der Waals surface area contributed by atoms with Gasteiger partial charge in [0.25, 0.3) is 0 Å². The molecule has 0 aliphatic carbocycles. The molecule has 1 unspecified atom stereocenters. The number of aromatic nitrogens is 2. The number of hydrogen-bond acceptors (Lipinski definition) is 4. The van der Waals surface area contributed by atoms with Gasteiger partial charge in [-0.05, 0) is 19.4 Å². The monoisotopic (exact) mass is 293 g/mol. The molecule has 8 heteroatoms. The Hall–Kier alpha value is -2.09. The number of carboxylic acid groups (broad SMARTS) is 1. The molecular weight excluding hydrogens is 274 g/mol. The molecule has 0 bridgehead atoms. The molecule has 1 aromatic rings. The van der Waals surface area contributed by atoms with Gasteiger partial charge in [-0.2, -0.15) is 5.10 Å². The molecule has 3 heterocycles. The van der Waals surface area contributed by atoms with Gasteiger partial charge in [0.05, 0.1) is 36.7 Å². The molecule has 1 saturated heterocycles. The van der Waals surface area contributed by atoms with Crippen LogP contribution in [-0.2, 0) is 17.9 Å². The van der Waals surface area contributed by atoms with Gasteiger partial charge in [-0.3, -0.25) is 14.4 Å². The fourth-order valence-electron chi connectivity index (χ4n) is 3.04. The molecular formula is C13H19N5O3. The van der Waals surface area contributed by atoms with Crippen molar-refractivity contribution in [1.29, 1.82) is 0 Å². The van der Waals surface area contributed by atoms with Gasteiger partial charge in [0.2, 0.25) is 5.91 Å². The third kappa shape index (κ3) is 2.25. The number of amides is 2. The number of rotatable bonds is 2. The fraction of sp³-hybridized carbons (Fsp3) is 0.615. The standard InChI is InChI=1S/C13H19N5O3/c1-8-5-18-11(7-16(8)13(20)21)10(4-15-18)17-6-9(3-14)2-12(17)19/h4,8-9H,2-3,5-7,14H2,1H3,(H,20,21)/t8-,9?/m0/s1. The highest BCUT2D eigenvalue weighted by atomic mass is 16.4. The van der Waals surface area contributed by atoms with Crippen molar-refractivity contribution in [3.8, 4) is 0 Å². The second-order valence-corrected chi connectivity index (χ2v) is 5.73. The molecule has 2 amide bonds. The third-order valence-electron chi connectivity index (χ3n) is 4.29.